The van der Waals surface area contributed by atoms with E-state index in [2.05, 4.69) is 20.3 Å². The predicted molar refractivity (Wildman–Crippen MR) is 119 cm³/mol. The van der Waals surface area contributed by atoms with Gasteiger partial charge in [-0.2, -0.15) is 13.2 Å². The van der Waals surface area contributed by atoms with Gasteiger partial charge in [-0.15, -0.1) is 0 Å². The van der Waals surface area contributed by atoms with Crippen molar-refractivity contribution >= 4 is 23.6 Å². The molecule has 2 aromatic carbocycles. The summed E-state index contributed by atoms with van der Waals surface area (Å²) in [7, 11) is 1.62. The number of alkyl halides is 3. The summed E-state index contributed by atoms with van der Waals surface area (Å²) in [6, 6.07) is 11.7. The van der Waals surface area contributed by atoms with Crippen LogP contribution >= 0.6 is 0 Å². The zero-order valence-electron chi connectivity index (χ0n) is 17.1. The summed E-state index contributed by atoms with van der Waals surface area (Å²) in [5.74, 6) is 0.791. The van der Waals surface area contributed by atoms with Gasteiger partial charge in [0.25, 0.3) is 0 Å². The lowest BCUT2D eigenvalue weighted by Gasteiger charge is -2.18. The first-order valence-corrected chi connectivity index (χ1v) is 9.76. The molecule has 3 aromatic rings. The summed E-state index contributed by atoms with van der Waals surface area (Å²) in [6.45, 7) is 0.778. The lowest BCUT2D eigenvalue weighted by molar-refractivity contribution is -0.137. The van der Waals surface area contributed by atoms with Gasteiger partial charge in [0.05, 0.1) is 17.8 Å². The van der Waals surface area contributed by atoms with E-state index >= 15 is 0 Å². The third-order valence-corrected chi connectivity index (χ3v) is 5.00. The summed E-state index contributed by atoms with van der Waals surface area (Å²) < 4.78 is 38.5. The molecule has 1 aliphatic rings. The molecule has 0 atom stereocenters. The SMILES string of the molecule is CN=Cc1c(N)nc(NCc2ccc(C(F)(F)F)cc2)c(C2=NC2)c1-c1cccc(O)c1. The van der Waals surface area contributed by atoms with Crippen molar-refractivity contribution in [2.75, 3.05) is 24.6 Å². The largest absolute Gasteiger partial charge is 0.508 e. The maximum absolute atomic E-state index is 12.8. The van der Waals surface area contributed by atoms with Crippen LogP contribution in [0.1, 0.15) is 22.3 Å². The fourth-order valence-electron chi connectivity index (χ4n) is 3.44. The van der Waals surface area contributed by atoms with E-state index in [0.717, 1.165) is 34.5 Å². The van der Waals surface area contributed by atoms with Gasteiger partial charge in [0.15, 0.2) is 0 Å². The third kappa shape index (κ3) is 4.41. The van der Waals surface area contributed by atoms with Crippen LogP contribution in [0.15, 0.2) is 58.5 Å². The van der Waals surface area contributed by atoms with E-state index in [1.807, 2.05) is 6.07 Å². The Morgan fingerprint density at radius 1 is 1.16 bits per heavy atom. The lowest BCUT2D eigenvalue weighted by atomic mass is 9.93. The number of phenolic OH excluding ortho intramolecular Hbond substituents is 1. The normalized spacial score (nSPS) is 13.3. The fourth-order valence-corrected chi connectivity index (χ4v) is 3.44. The second-order valence-electron chi connectivity index (χ2n) is 7.26. The molecule has 0 aliphatic carbocycles. The molecule has 9 heteroatoms. The summed E-state index contributed by atoms with van der Waals surface area (Å²) in [5, 5.41) is 13.2. The van der Waals surface area contributed by atoms with Gasteiger partial charge in [-0.1, -0.05) is 24.3 Å². The lowest BCUT2D eigenvalue weighted by Crippen LogP contribution is -2.13. The highest BCUT2D eigenvalue weighted by Gasteiger charge is 2.30. The Hall–Kier alpha value is -3.88. The number of rotatable bonds is 6. The van der Waals surface area contributed by atoms with E-state index in [1.165, 1.54) is 12.1 Å². The van der Waals surface area contributed by atoms with Crippen LogP contribution in [0.5, 0.6) is 5.75 Å². The molecule has 0 amide bonds. The Balaban J connectivity index is 1.75. The summed E-state index contributed by atoms with van der Waals surface area (Å²) in [4.78, 5) is 12.9. The molecule has 4 N–H and O–H groups in total. The molecule has 0 saturated carbocycles. The second kappa shape index (κ2) is 8.33. The topological polar surface area (TPSA) is 95.9 Å². The minimum Gasteiger partial charge on any atom is -0.508 e. The standard InChI is InChI=1S/C23H20F3N5O/c1-28-11-17-19(14-3-2-4-16(32)9-14)20(18-12-29-18)22(31-21(17)27)30-10-13-5-7-15(8-6-13)23(24,25)26/h2-9,11,32H,10,12H2,1H3,(H3,27,30,31). The number of hydrogen-bond donors (Lipinski definition) is 3. The fraction of sp³-hybridized carbons (Fsp3) is 0.174. The molecule has 0 saturated heterocycles. The number of pyridine rings is 1. The van der Waals surface area contributed by atoms with Crippen molar-refractivity contribution in [1.29, 1.82) is 0 Å². The molecule has 0 radical (unpaired) electrons. The molecular formula is C23H20F3N5O. The first-order valence-electron chi connectivity index (χ1n) is 9.76. The van der Waals surface area contributed by atoms with Crippen molar-refractivity contribution in [3.63, 3.8) is 0 Å². The van der Waals surface area contributed by atoms with Gasteiger partial charge in [0, 0.05) is 36.5 Å². The highest BCUT2D eigenvalue weighted by Crippen LogP contribution is 2.38. The third-order valence-electron chi connectivity index (χ3n) is 5.00. The number of nitrogens with zero attached hydrogens (tertiary/aromatic N) is 3. The number of aromatic nitrogens is 1. The molecule has 0 bridgehead atoms. The van der Waals surface area contributed by atoms with E-state index in [1.54, 1.807) is 31.5 Å². The van der Waals surface area contributed by atoms with Gasteiger partial charge >= 0.3 is 6.18 Å². The molecular weight excluding hydrogens is 419 g/mol. The molecule has 1 aliphatic heterocycles. The van der Waals surface area contributed by atoms with Gasteiger partial charge in [-0.05, 0) is 35.4 Å². The molecule has 164 valence electrons. The Morgan fingerprint density at radius 3 is 2.47 bits per heavy atom. The Labute approximate surface area is 182 Å². The zero-order chi connectivity index (χ0) is 22.9. The number of aliphatic imine (C=N–C) groups is 2. The summed E-state index contributed by atoms with van der Waals surface area (Å²) in [6.07, 6.45) is -2.78. The minimum atomic E-state index is -4.38. The number of aromatic hydroxyl groups is 1. The number of nitrogens with one attached hydrogen (secondary N) is 1. The van der Waals surface area contributed by atoms with Gasteiger partial charge in [-0.25, -0.2) is 4.98 Å². The summed E-state index contributed by atoms with van der Waals surface area (Å²) in [5.41, 5.74) is 9.78. The van der Waals surface area contributed by atoms with E-state index in [-0.39, 0.29) is 18.1 Å². The van der Waals surface area contributed by atoms with Crippen LogP contribution in [0.25, 0.3) is 11.1 Å². The number of nitrogens with two attached hydrogens (primary N) is 1. The van der Waals surface area contributed by atoms with Crippen LogP contribution in [0, 0.1) is 0 Å². The van der Waals surface area contributed by atoms with Gasteiger partial charge < -0.3 is 16.2 Å². The molecule has 2 heterocycles. The number of hydrogen-bond acceptors (Lipinski definition) is 6. The van der Waals surface area contributed by atoms with Crippen LogP contribution < -0.4 is 11.1 Å². The van der Waals surface area contributed by atoms with E-state index in [4.69, 9.17) is 5.73 Å². The van der Waals surface area contributed by atoms with Crippen LogP contribution in [0.4, 0.5) is 24.8 Å². The Kier molecular flexibility index (Phi) is 5.56. The molecule has 6 nitrogen and oxygen atoms in total. The smallest absolute Gasteiger partial charge is 0.416 e. The Morgan fingerprint density at radius 2 is 1.88 bits per heavy atom. The van der Waals surface area contributed by atoms with Crippen LogP contribution in [0.3, 0.4) is 0 Å². The van der Waals surface area contributed by atoms with E-state index in [0.29, 0.717) is 23.5 Å². The van der Waals surface area contributed by atoms with Crippen molar-refractivity contribution in [3.8, 4) is 16.9 Å². The predicted octanol–water partition coefficient (Wildman–Crippen LogP) is 4.52. The first kappa shape index (κ1) is 21.4. The number of nitrogen functional groups attached to an aromatic ring is 1. The maximum atomic E-state index is 12.8. The monoisotopic (exact) mass is 439 g/mol. The van der Waals surface area contributed by atoms with Crippen LogP contribution in [-0.2, 0) is 12.7 Å². The van der Waals surface area contributed by atoms with Gasteiger partial charge in [0.1, 0.15) is 17.4 Å². The van der Waals surface area contributed by atoms with Crippen molar-refractivity contribution in [2.45, 2.75) is 12.7 Å². The molecule has 0 unspecified atom stereocenters. The summed E-state index contributed by atoms with van der Waals surface area (Å²) >= 11 is 0. The second-order valence-corrected chi connectivity index (χ2v) is 7.26. The minimum absolute atomic E-state index is 0.0974. The number of anilines is 2. The molecule has 4 rings (SSSR count). The van der Waals surface area contributed by atoms with Gasteiger partial charge in [0.2, 0.25) is 0 Å². The van der Waals surface area contributed by atoms with E-state index < -0.39 is 11.7 Å². The van der Waals surface area contributed by atoms with Crippen molar-refractivity contribution in [2.24, 2.45) is 9.98 Å². The highest BCUT2D eigenvalue weighted by molar-refractivity contribution is 6.19. The molecule has 0 fully saturated rings. The maximum Gasteiger partial charge on any atom is 0.416 e. The van der Waals surface area contributed by atoms with Crippen LogP contribution in [0.2, 0.25) is 0 Å². The first-order chi connectivity index (χ1) is 15.3. The van der Waals surface area contributed by atoms with Crippen molar-refractivity contribution < 1.29 is 18.3 Å². The number of halogens is 3. The van der Waals surface area contributed by atoms with Crippen LogP contribution in [-0.4, -0.2) is 35.6 Å². The van der Waals surface area contributed by atoms with E-state index in [9.17, 15) is 18.3 Å². The quantitative estimate of drug-likeness (QED) is 0.492. The number of phenols is 1. The molecule has 0 spiro atoms. The zero-order valence-corrected chi connectivity index (χ0v) is 17.1. The average molecular weight is 439 g/mol. The highest BCUT2D eigenvalue weighted by atomic mass is 19.4. The number of benzene rings is 2. The molecule has 32 heavy (non-hydrogen) atoms. The van der Waals surface area contributed by atoms with Gasteiger partial charge in [-0.3, -0.25) is 9.98 Å². The Bertz CT molecular complexity index is 1220. The van der Waals surface area contributed by atoms with Crippen molar-refractivity contribution in [1.82, 2.24) is 4.98 Å². The molecule has 1 aromatic heterocycles. The average Bonchev–Trinajstić information content (AvgIpc) is 3.58. The van der Waals surface area contributed by atoms with Crippen molar-refractivity contribution in [3.05, 3.63) is 70.8 Å².